The van der Waals surface area contributed by atoms with Crippen LogP contribution in [-0.2, 0) is 0 Å². The summed E-state index contributed by atoms with van der Waals surface area (Å²) in [5.74, 6) is 0.552. The van der Waals surface area contributed by atoms with Crippen molar-refractivity contribution < 1.29 is 4.39 Å². The van der Waals surface area contributed by atoms with Crippen LogP contribution in [-0.4, -0.2) is 11.2 Å². The smallest absolute Gasteiger partial charge is 0.114 e. The van der Waals surface area contributed by atoms with Gasteiger partial charge in [-0.25, -0.2) is 4.39 Å². The summed E-state index contributed by atoms with van der Waals surface area (Å²) in [6.07, 6.45) is 3.70. The van der Waals surface area contributed by atoms with Crippen molar-refractivity contribution in [1.82, 2.24) is 0 Å². The average Bonchev–Trinajstić information content (AvgIpc) is 2.36. The van der Waals surface area contributed by atoms with E-state index in [2.05, 4.69) is 12.1 Å². The number of nitrogen functional groups attached to an aromatic ring is 1. The van der Waals surface area contributed by atoms with Gasteiger partial charge in [0.25, 0.3) is 0 Å². The molecular formula is C15H19FN2. The summed E-state index contributed by atoms with van der Waals surface area (Å²) in [6.45, 7) is 0. The molecule has 3 heteroatoms. The molecule has 4 aliphatic rings. The van der Waals surface area contributed by atoms with Crippen molar-refractivity contribution >= 4 is 5.69 Å². The van der Waals surface area contributed by atoms with Crippen LogP contribution in [0.25, 0.3) is 0 Å². The van der Waals surface area contributed by atoms with E-state index in [1.807, 2.05) is 6.07 Å². The number of halogens is 1. The highest BCUT2D eigenvalue weighted by molar-refractivity contribution is 5.50. The predicted molar refractivity (Wildman–Crippen MR) is 70.2 cm³/mol. The molecule has 0 aromatic heterocycles. The van der Waals surface area contributed by atoms with Crippen molar-refractivity contribution in [3.8, 4) is 0 Å². The van der Waals surface area contributed by atoms with Crippen LogP contribution in [0.5, 0.6) is 0 Å². The minimum atomic E-state index is -1.05. The van der Waals surface area contributed by atoms with E-state index in [9.17, 15) is 4.39 Å². The summed E-state index contributed by atoms with van der Waals surface area (Å²) in [4.78, 5) is 0. The van der Waals surface area contributed by atoms with Crippen LogP contribution in [0, 0.1) is 0 Å². The molecule has 0 spiro atoms. The number of benzene rings is 1. The Morgan fingerprint density at radius 3 is 2.39 bits per heavy atom. The van der Waals surface area contributed by atoms with Crippen LogP contribution >= 0.6 is 0 Å². The lowest BCUT2D eigenvalue weighted by Crippen LogP contribution is -2.55. The molecule has 1 aromatic carbocycles. The van der Waals surface area contributed by atoms with Crippen molar-refractivity contribution in [3.05, 3.63) is 29.3 Å². The fourth-order valence-electron chi connectivity index (χ4n) is 4.85. The Labute approximate surface area is 107 Å². The molecule has 2 fully saturated rings. The van der Waals surface area contributed by atoms with E-state index in [4.69, 9.17) is 11.5 Å². The second kappa shape index (κ2) is 3.08. The third-order valence-corrected chi connectivity index (χ3v) is 5.19. The highest BCUT2D eigenvalue weighted by Gasteiger charge is 2.55. The third-order valence-electron chi connectivity index (χ3n) is 5.19. The molecule has 2 nitrogen and oxygen atoms in total. The highest BCUT2D eigenvalue weighted by Crippen LogP contribution is 2.60. The van der Waals surface area contributed by atoms with Gasteiger partial charge in [0.05, 0.1) is 0 Å². The van der Waals surface area contributed by atoms with Gasteiger partial charge in [0.1, 0.15) is 5.67 Å². The molecule has 1 aromatic rings. The second-order valence-corrected chi connectivity index (χ2v) is 6.79. The maximum absolute atomic E-state index is 14.9. The molecule has 96 valence electrons. The summed E-state index contributed by atoms with van der Waals surface area (Å²) < 4.78 is 14.9. The number of hydrogen-bond donors (Lipinski definition) is 2. The summed E-state index contributed by atoms with van der Waals surface area (Å²) in [5.41, 5.74) is 14.4. The quantitative estimate of drug-likeness (QED) is 0.692. The molecule has 18 heavy (non-hydrogen) atoms. The van der Waals surface area contributed by atoms with Gasteiger partial charge in [0.2, 0.25) is 0 Å². The number of rotatable bonds is 0. The lowest BCUT2D eigenvalue weighted by atomic mass is 9.61. The van der Waals surface area contributed by atoms with Crippen molar-refractivity contribution in [2.24, 2.45) is 5.73 Å². The lowest BCUT2D eigenvalue weighted by Gasteiger charge is -2.49. The summed E-state index contributed by atoms with van der Waals surface area (Å²) >= 11 is 0. The van der Waals surface area contributed by atoms with Crippen LogP contribution in [0.1, 0.15) is 55.1 Å². The Bertz CT molecular complexity index is 509. The Kier molecular flexibility index (Phi) is 1.85. The van der Waals surface area contributed by atoms with Gasteiger partial charge in [-0.3, -0.25) is 0 Å². The molecule has 4 aliphatic carbocycles. The predicted octanol–water partition coefficient (Wildman–Crippen LogP) is 2.83. The Hall–Kier alpha value is -1.09. The molecule has 4 unspecified atom stereocenters. The van der Waals surface area contributed by atoms with Gasteiger partial charge in [0.15, 0.2) is 0 Å². The highest BCUT2D eigenvalue weighted by atomic mass is 19.1. The van der Waals surface area contributed by atoms with Crippen LogP contribution in [0.4, 0.5) is 10.1 Å². The van der Waals surface area contributed by atoms with Crippen molar-refractivity contribution in [2.45, 2.75) is 55.1 Å². The van der Waals surface area contributed by atoms with Crippen molar-refractivity contribution in [2.75, 3.05) is 5.73 Å². The van der Waals surface area contributed by atoms with E-state index in [0.717, 1.165) is 18.5 Å². The van der Waals surface area contributed by atoms with Gasteiger partial charge in [0, 0.05) is 11.2 Å². The molecule has 0 aliphatic heterocycles. The van der Waals surface area contributed by atoms with E-state index >= 15 is 0 Å². The Morgan fingerprint density at radius 2 is 1.72 bits per heavy atom. The fourth-order valence-corrected chi connectivity index (χ4v) is 4.85. The number of nitrogens with two attached hydrogens (primary N) is 2. The first kappa shape index (κ1) is 10.8. The fraction of sp³-hybridized carbons (Fsp3) is 0.600. The van der Waals surface area contributed by atoms with E-state index < -0.39 is 5.67 Å². The minimum absolute atomic E-state index is 0.264. The van der Waals surface area contributed by atoms with Gasteiger partial charge in [-0.15, -0.1) is 0 Å². The topological polar surface area (TPSA) is 52.0 Å². The Morgan fingerprint density at radius 1 is 1.06 bits per heavy atom. The molecule has 4 bridgehead atoms. The van der Waals surface area contributed by atoms with E-state index in [-0.39, 0.29) is 17.4 Å². The first-order chi connectivity index (χ1) is 8.46. The van der Waals surface area contributed by atoms with Crippen molar-refractivity contribution in [3.63, 3.8) is 0 Å². The first-order valence-corrected chi connectivity index (χ1v) is 6.84. The average molecular weight is 246 g/mol. The summed E-state index contributed by atoms with van der Waals surface area (Å²) in [6, 6.07) is 6.10. The van der Waals surface area contributed by atoms with Crippen LogP contribution in [0.3, 0.4) is 0 Å². The zero-order valence-corrected chi connectivity index (χ0v) is 10.5. The van der Waals surface area contributed by atoms with Gasteiger partial charge >= 0.3 is 0 Å². The summed E-state index contributed by atoms with van der Waals surface area (Å²) in [5, 5.41) is 0. The standard InChI is InChI=1S/C15H19FN2/c16-14-4-9-6-15(18,8-14)7-10(5-14)13-3-11(17)1-2-12(9)13/h1-3,9-10H,4-8,17-18H2. The molecule has 4 atom stereocenters. The monoisotopic (exact) mass is 246 g/mol. The third kappa shape index (κ3) is 1.37. The van der Waals surface area contributed by atoms with Gasteiger partial charge in [-0.1, -0.05) is 6.07 Å². The molecular weight excluding hydrogens is 227 g/mol. The first-order valence-electron chi connectivity index (χ1n) is 6.84. The van der Waals surface area contributed by atoms with Crippen LogP contribution in [0.15, 0.2) is 18.2 Å². The summed E-state index contributed by atoms with van der Waals surface area (Å²) in [7, 11) is 0. The SMILES string of the molecule is Nc1ccc2c(c1)C1CC3(N)CC2CC(F)(C1)C3. The molecule has 0 saturated heterocycles. The van der Waals surface area contributed by atoms with E-state index in [1.165, 1.54) is 11.1 Å². The van der Waals surface area contributed by atoms with E-state index in [0.29, 0.717) is 19.3 Å². The molecule has 4 N–H and O–H groups in total. The van der Waals surface area contributed by atoms with Gasteiger partial charge in [-0.2, -0.15) is 0 Å². The van der Waals surface area contributed by atoms with Crippen LogP contribution < -0.4 is 11.5 Å². The van der Waals surface area contributed by atoms with Gasteiger partial charge < -0.3 is 11.5 Å². The molecule has 5 rings (SSSR count). The zero-order chi connectivity index (χ0) is 12.5. The number of anilines is 1. The van der Waals surface area contributed by atoms with E-state index in [1.54, 1.807) is 0 Å². The minimum Gasteiger partial charge on any atom is -0.399 e. The molecule has 0 heterocycles. The molecule has 0 radical (unpaired) electrons. The maximum atomic E-state index is 14.9. The lowest BCUT2D eigenvalue weighted by molar-refractivity contribution is 0.00318. The van der Waals surface area contributed by atoms with Crippen LogP contribution in [0.2, 0.25) is 0 Å². The second-order valence-electron chi connectivity index (χ2n) is 6.79. The largest absolute Gasteiger partial charge is 0.399 e. The van der Waals surface area contributed by atoms with Gasteiger partial charge in [-0.05, 0) is 67.2 Å². The molecule has 2 saturated carbocycles. The Balaban J connectivity index is 1.93. The number of alkyl halides is 1. The number of hydrogen-bond acceptors (Lipinski definition) is 2. The molecule has 0 amide bonds. The maximum Gasteiger partial charge on any atom is 0.114 e. The van der Waals surface area contributed by atoms with Crippen molar-refractivity contribution in [1.29, 1.82) is 0 Å². The normalized spacial score (nSPS) is 44.8. The zero-order valence-electron chi connectivity index (χ0n) is 10.5.